The van der Waals surface area contributed by atoms with Gasteiger partial charge in [0.05, 0.1) is 23.3 Å². The Labute approximate surface area is 180 Å². The van der Waals surface area contributed by atoms with Gasteiger partial charge < -0.3 is 18.8 Å². The Morgan fingerprint density at radius 3 is 1.88 bits per heavy atom. The number of carbonyl (C=O) groups is 1. The Hall–Kier alpha value is 0.300. The van der Waals surface area contributed by atoms with Gasteiger partial charge in [0.25, 0.3) is 0 Å². The van der Waals surface area contributed by atoms with Crippen molar-refractivity contribution in [1.29, 1.82) is 0 Å². The Balaban J connectivity index is 0. The number of hydrogen-bond donors (Lipinski definition) is 0. The smallest absolute Gasteiger partial charge is 0.748 e. The second-order valence-electron chi connectivity index (χ2n) is 6.27. The van der Waals surface area contributed by atoms with Crippen LogP contribution in [0.4, 0.5) is 0 Å². The number of esters is 1. The molecule has 0 rings (SSSR count). The Bertz CT molecular complexity index is 442. The summed E-state index contributed by atoms with van der Waals surface area (Å²) < 4.78 is 48.3. The minimum absolute atomic E-state index is 0. The molecule has 0 spiro atoms. The van der Waals surface area contributed by atoms with Crippen molar-refractivity contribution in [1.82, 2.24) is 0 Å². The zero-order valence-corrected chi connectivity index (χ0v) is 19.6. The van der Waals surface area contributed by atoms with Crippen molar-refractivity contribution in [2.75, 3.05) is 25.6 Å². The maximum Gasteiger partial charge on any atom is 1.00 e. The van der Waals surface area contributed by atoms with E-state index in [0.717, 1.165) is 38.5 Å². The van der Waals surface area contributed by atoms with Crippen LogP contribution in [0.2, 0.25) is 0 Å². The first-order valence-corrected chi connectivity index (χ1v) is 10.7. The molecule has 0 aromatic heterocycles. The molecule has 0 saturated heterocycles. The van der Waals surface area contributed by atoms with Crippen LogP contribution in [-0.4, -0.2) is 50.3 Å². The van der Waals surface area contributed by atoms with Crippen LogP contribution in [0.15, 0.2) is 0 Å². The molecule has 26 heavy (non-hydrogen) atoms. The van der Waals surface area contributed by atoms with Crippen LogP contribution in [-0.2, 0) is 29.1 Å². The van der Waals surface area contributed by atoms with Gasteiger partial charge in [0.15, 0.2) is 5.79 Å². The molecule has 0 aromatic rings. The van der Waals surface area contributed by atoms with E-state index in [2.05, 4.69) is 13.8 Å². The van der Waals surface area contributed by atoms with Crippen LogP contribution >= 0.6 is 0 Å². The zero-order valence-electron chi connectivity index (χ0n) is 16.8. The van der Waals surface area contributed by atoms with E-state index in [9.17, 15) is 17.8 Å². The number of ether oxygens (including phenoxy) is 3. The molecule has 0 fully saturated rings. The van der Waals surface area contributed by atoms with E-state index in [4.69, 9.17) is 14.2 Å². The van der Waals surface area contributed by atoms with Crippen LogP contribution in [0.3, 0.4) is 0 Å². The predicted molar refractivity (Wildman–Crippen MR) is 94.1 cm³/mol. The molecular formula is C17H33NaO7S. The van der Waals surface area contributed by atoms with Gasteiger partial charge in [-0.05, 0) is 26.2 Å². The molecule has 0 aromatic carbocycles. The van der Waals surface area contributed by atoms with Gasteiger partial charge in [0, 0.05) is 12.2 Å². The van der Waals surface area contributed by atoms with Crippen LogP contribution in [0.5, 0.6) is 0 Å². The third kappa shape index (κ3) is 17.7. The van der Waals surface area contributed by atoms with E-state index in [1.807, 2.05) is 0 Å². The molecule has 150 valence electrons. The second kappa shape index (κ2) is 16.3. The van der Waals surface area contributed by atoms with Gasteiger partial charge in [0.2, 0.25) is 0 Å². The second-order valence-corrected chi connectivity index (χ2v) is 7.79. The van der Waals surface area contributed by atoms with Gasteiger partial charge in [-0.2, -0.15) is 0 Å². The Morgan fingerprint density at radius 1 is 0.962 bits per heavy atom. The van der Waals surface area contributed by atoms with Crippen LogP contribution in [0.1, 0.15) is 72.1 Å². The SMILES string of the molecule is CCCCCOC(C)(COC(=O)CCCS(=O)(=O)[O-])OCCCCC.[Na+]. The summed E-state index contributed by atoms with van der Waals surface area (Å²) in [5.74, 6) is -2.15. The fourth-order valence-electron chi connectivity index (χ4n) is 2.08. The standard InChI is InChI=1S/C17H34O7S.Na/c1-4-6-8-12-23-17(3,24-13-9-7-5-2)15-22-16(18)11-10-14-25(19,20)21;/h4-15H2,1-3H3,(H,19,20,21);/q;+1/p-1. The first kappa shape index (κ1) is 28.5. The van der Waals surface area contributed by atoms with Gasteiger partial charge in [-0.15, -0.1) is 0 Å². The molecule has 0 heterocycles. The van der Waals surface area contributed by atoms with E-state index < -0.39 is 27.6 Å². The Kier molecular flexibility index (Phi) is 17.8. The molecule has 0 amide bonds. The van der Waals surface area contributed by atoms with Crippen molar-refractivity contribution < 1.29 is 61.5 Å². The summed E-state index contributed by atoms with van der Waals surface area (Å²) in [6, 6.07) is 0. The molecule has 9 heteroatoms. The van der Waals surface area contributed by atoms with Crippen molar-refractivity contribution in [3.63, 3.8) is 0 Å². The summed E-state index contributed by atoms with van der Waals surface area (Å²) in [4.78, 5) is 11.7. The third-order valence-electron chi connectivity index (χ3n) is 3.58. The summed E-state index contributed by atoms with van der Waals surface area (Å²) >= 11 is 0. The molecule has 0 atom stereocenters. The topological polar surface area (TPSA) is 102 Å². The molecule has 0 N–H and O–H groups in total. The maximum atomic E-state index is 11.7. The Morgan fingerprint density at radius 2 is 1.46 bits per heavy atom. The van der Waals surface area contributed by atoms with Gasteiger partial charge in [-0.3, -0.25) is 4.79 Å². The van der Waals surface area contributed by atoms with Crippen LogP contribution in [0.25, 0.3) is 0 Å². The van der Waals surface area contributed by atoms with Crippen molar-refractivity contribution in [3.8, 4) is 0 Å². The molecule has 0 aliphatic rings. The number of unbranched alkanes of at least 4 members (excludes halogenated alkanes) is 4. The fraction of sp³-hybridized carbons (Fsp3) is 0.941. The van der Waals surface area contributed by atoms with Crippen molar-refractivity contribution in [2.45, 2.75) is 77.9 Å². The van der Waals surface area contributed by atoms with E-state index in [-0.39, 0.29) is 49.0 Å². The third-order valence-corrected chi connectivity index (χ3v) is 4.37. The molecule has 0 aliphatic heterocycles. The van der Waals surface area contributed by atoms with Gasteiger partial charge >= 0.3 is 35.5 Å². The summed E-state index contributed by atoms with van der Waals surface area (Å²) in [5, 5.41) is 0. The van der Waals surface area contributed by atoms with Crippen LogP contribution in [0, 0.1) is 0 Å². The zero-order chi connectivity index (χ0) is 19.2. The largest absolute Gasteiger partial charge is 1.00 e. The van der Waals surface area contributed by atoms with Crippen molar-refractivity contribution in [3.05, 3.63) is 0 Å². The maximum absolute atomic E-state index is 11.7. The number of hydrogen-bond acceptors (Lipinski definition) is 7. The number of rotatable bonds is 16. The molecule has 7 nitrogen and oxygen atoms in total. The quantitative estimate of drug-likeness (QED) is 0.117. The normalized spacial score (nSPS) is 11.8. The molecule has 0 saturated carbocycles. The molecule has 0 bridgehead atoms. The molecule has 0 unspecified atom stereocenters. The predicted octanol–water partition coefficient (Wildman–Crippen LogP) is -0.0112. The summed E-state index contributed by atoms with van der Waals surface area (Å²) in [6.45, 7) is 6.91. The first-order chi connectivity index (χ1) is 11.7. The van der Waals surface area contributed by atoms with E-state index in [1.165, 1.54) is 0 Å². The molecule has 0 radical (unpaired) electrons. The van der Waals surface area contributed by atoms with Crippen molar-refractivity contribution >= 4 is 16.1 Å². The average Bonchev–Trinajstić information content (AvgIpc) is 2.53. The van der Waals surface area contributed by atoms with Crippen LogP contribution < -0.4 is 29.6 Å². The minimum Gasteiger partial charge on any atom is -0.748 e. The van der Waals surface area contributed by atoms with E-state index in [0.29, 0.717) is 13.2 Å². The average molecular weight is 405 g/mol. The summed E-state index contributed by atoms with van der Waals surface area (Å²) in [6.07, 6.45) is 5.90. The summed E-state index contributed by atoms with van der Waals surface area (Å²) in [7, 11) is -4.31. The first-order valence-electron chi connectivity index (χ1n) is 9.09. The van der Waals surface area contributed by atoms with E-state index in [1.54, 1.807) is 6.92 Å². The molecular weight excluding hydrogens is 371 g/mol. The number of carbonyl (C=O) groups excluding carboxylic acids is 1. The fourth-order valence-corrected chi connectivity index (χ4v) is 2.58. The van der Waals surface area contributed by atoms with Gasteiger partial charge in [0.1, 0.15) is 6.61 Å². The van der Waals surface area contributed by atoms with Crippen molar-refractivity contribution in [2.24, 2.45) is 0 Å². The monoisotopic (exact) mass is 404 g/mol. The minimum atomic E-state index is -4.31. The summed E-state index contributed by atoms with van der Waals surface area (Å²) in [5.41, 5.74) is 0. The van der Waals surface area contributed by atoms with Gasteiger partial charge in [-0.1, -0.05) is 39.5 Å². The van der Waals surface area contributed by atoms with E-state index >= 15 is 0 Å². The molecule has 0 aliphatic carbocycles. The van der Waals surface area contributed by atoms with Gasteiger partial charge in [-0.25, -0.2) is 8.42 Å².